The number of para-hydroxylation sites is 1. The number of Topliss-reactive ketones (excluding diaryl/α,β-unsaturated/α-hetero) is 1. The second kappa shape index (κ2) is 8.84. The van der Waals surface area contributed by atoms with E-state index in [9.17, 15) is 22.4 Å². The summed E-state index contributed by atoms with van der Waals surface area (Å²) in [5, 5.41) is 0.745. The highest BCUT2D eigenvalue weighted by atomic mass is 32.2. The number of hydrogen-bond acceptors (Lipinski definition) is 5. The topological polar surface area (TPSA) is 96.5 Å². The zero-order valence-corrected chi connectivity index (χ0v) is 18.3. The third kappa shape index (κ3) is 4.31. The number of nitrogens with zero attached hydrogens (tertiary/aromatic N) is 1. The minimum absolute atomic E-state index is 0.0317. The molecule has 1 N–H and O–H groups in total. The molecule has 1 aliphatic rings. The van der Waals surface area contributed by atoms with Crippen LogP contribution in [0.1, 0.15) is 30.1 Å². The van der Waals surface area contributed by atoms with Crippen LogP contribution in [0.3, 0.4) is 0 Å². The van der Waals surface area contributed by atoms with Gasteiger partial charge in [0.25, 0.3) is 0 Å². The van der Waals surface area contributed by atoms with Gasteiger partial charge < -0.3 is 9.72 Å². The van der Waals surface area contributed by atoms with Gasteiger partial charge in [-0.05, 0) is 50.1 Å². The van der Waals surface area contributed by atoms with Crippen molar-refractivity contribution in [3.8, 4) is 0 Å². The van der Waals surface area contributed by atoms with Crippen LogP contribution in [0.15, 0.2) is 59.6 Å². The molecular weight excluding hydrogens is 435 g/mol. The zero-order chi connectivity index (χ0) is 22.9. The Balaban J connectivity index is 1.44. The molecule has 0 spiro atoms. The van der Waals surface area contributed by atoms with Gasteiger partial charge in [0.15, 0.2) is 6.10 Å². The van der Waals surface area contributed by atoms with Crippen molar-refractivity contribution in [2.24, 2.45) is 5.92 Å². The van der Waals surface area contributed by atoms with Gasteiger partial charge in [0, 0.05) is 35.8 Å². The van der Waals surface area contributed by atoms with E-state index in [4.69, 9.17) is 4.74 Å². The molecule has 0 amide bonds. The summed E-state index contributed by atoms with van der Waals surface area (Å²) in [4.78, 5) is 28.6. The van der Waals surface area contributed by atoms with Crippen molar-refractivity contribution in [2.45, 2.75) is 30.8 Å². The summed E-state index contributed by atoms with van der Waals surface area (Å²) < 4.78 is 45.5. The summed E-state index contributed by atoms with van der Waals surface area (Å²) in [6, 6.07) is 11.9. The van der Waals surface area contributed by atoms with Gasteiger partial charge in [-0.3, -0.25) is 9.59 Å². The van der Waals surface area contributed by atoms with Crippen LogP contribution in [0.4, 0.5) is 4.39 Å². The van der Waals surface area contributed by atoms with E-state index in [0.717, 1.165) is 23.0 Å². The standard InChI is InChI=1S/C23H23FN2O5S/c1-15(22(27)20-13-25-21-7-3-2-6-19(20)21)31-23(28)16-5-4-12-26(14-16)32(29,30)18-10-8-17(24)9-11-18/h2-3,6-11,13,15-16,25H,4-5,12,14H2,1H3. The molecule has 1 aromatic heterocycles. The number of ether oxygens (including phenoxy) is 1. The van der Waals surface area contributed by atoms with E-state index >= 15 is 0 Å². The average Bonchev–Trinajstić information content (AvgIpc) is 3.23. The molecule has 0 saturated carbocycles. The van der Waals surface area contributed by atoms with Crippen molar-refractivity contribution in [2.75, 3.05) is 13.1 Å². The fourth-order valence-corrected chi connectivity index (χ4v) is 5.45. The van der Waals surface area contributed by atoms with Gasteiger partial charge >= 0.3 is 5.97 Å². The molecule has 3 aromatic rings. The van der Waals surface area contributed by atoms with E-state index < -0.39 is 33.8 Å². The Bertz CT molecular complexity index is 1250. The number of H-pyrrole nitrogens is 1. The number of ketones is 1. The smallest absolute Gasteiger partial charge is 0.310 e. The number of aromatic amines is 1. The van der Waals surface area contributed by atoms with E-state index in [2.05, 4.69) is 4.98 Å². The van der Waals surface area contributed by atoms with Gasteiger partial charge in [-0.2, -0.15) is 4.31 Å². The first-order valence-electron chi connectivity index (χ1n) is 10.3. The summed E-state index contributed by atoms with van der Waals surface area (Å²) >= 11 is 0. The number of carbonyl (C=O) groups excluding carboxylic acids is 2. The molecule has 7 nitrogen and oxygen atoms in total. The number of nitrogens with one attached hydrogen (secondary N) is 1. The minimum atomic E-state index is -3.86. The Kier molecular flexibility index (Phi) is 6.12. The number of benzene rings is 2. The molecule has 0 aliphatic carbocycles. The lowest BCUT2D eigenvalue weighted by Gasteiger charge is -2.31. The normalized spacial score (nSPS) is 18.4. The van der Waals surface area contributed by atoms with Crippen molar-refractivity contribution >= 4 is 32.7 Å². The number of fused-ring (bicyclic) bond motifs is 1. The molecule has 2 atom stereocenters. The lowest BCUT2D eigenvalue weighted by molar-refractivity contribution is -0.152. The number of halogens is 1. The number of carbonyl (C=O) groups is 2. The lowest BCUT2D eigenvalue weighted by Crippen LogP contribution is -2.43. The molecule has 168 valence electrons. The predicted octanol–water partition coefficient (Wildman–Crippen LogP) is 3.52. The van der Waals surface area contributed by atoms with Gasteiger partial charge in [0.05, 0.1) is 10.8 Å². The Morgan fingerprint density at radius 3 is 2.62 bits per heavy atom. The molecule has 9 heteroatoms. The monoisotopic (exact) mass is 458 g/mol. The molecule has 2 aromatic carbocycles. The first-order valence-corrected chi connectivity index (χ1v) is 11.8. The van der Waals surface area contributed by atoms with Crippen LogP contribution in [0, 0.1) is 11.7 Å². The van der Waals surface area contributed by atoms with Crippen LogP contribution >= 0.6 is 0 Å². The Morgan fingerprint density at radius 2 is 1.88 bits per heavy atom. The van der Waals surface area contributed by atoms with Crippen molar-refractivity contribution in [1.82, 2.24) is 9.29 Å². The highest BCUT2D eigenvalue weighted by molar-refractivity contribution is 7.89. The molecule has 1 aliphatic heterocycles. The Hall–Kier alpha value is -3.04. The van der Waals surface area contributed by atoms with Crippen molar-refractivity contribution < 1.29 is 27.1 Å². The Labute approximate surface area is 185 Å². The van der Waals surface area contributed by atoms with E-state index in [0.29, 0.717) is 18.4 Å². The fraction of sp³-hybridized carbons (Fsp3) is 0.304. The largest absolute Gasteiger partial charge is 0.454 e. The zero-order valence-electron chi connectivity index (χ0n) is 17.5. The molecule has 2 unspecified atom stereocenters. The summed E-state index contributed by atoms with van der Waals surface area (Å²) in [7, 11) is -3.86. The second-order valence-corrected chi connectivity index (χ2v) is 9.79. The van der Waals surface area contributed by atoms with Gasteiger partial charge in [-0.1, -0.05) is 18.2 Å². The van der Waals surface area contributed by atoms with Crippen molar-refractivity contribution in [1.29, 1.82) is 0 Å². The number of piperidine rings is 1. The number of rotatable bonds is 6. The van der Waals surface area contributed by atoms with E-state index in [-0.39, 0.29) is 23.8 Å². The predicted molar refractivity (Wildman–Crippen MR) is 116 cm³/mol. The summed E-state index contributed by atoms with van der Waals surface area (Å²) in [5.74, 6) is -2.15. The molecular formula is C23H23FN2O5S. The Morgan fingerprint density at radius 1 is 1.16 bits per heavy atom. The van der Waals surface area contributed by atoms with Crippen LogP contribution in [0.5, 0.6) is 0 Å². The maximum absolute atomic E-state index is 13.2. The maximum Gasteiger partial charge on any atom is 0.310 e. The maximum atomic E-state index is 13.2. The van der Waals surface area contributed by atoms with E-state index in [1.165, 1.54) is 23.4 Å². The molecule has 1 saturated heterocycles. The van der Waals surface area contributed by atoms with Crippen LogP contribution in [0.25, 0.3) is 10.9 Å². The third-order valence-electron chi connectivity index (χ3n) is 5.69. The summed E-state index contributed by atoms with van der Waals surface area (Å²) in [6.07, 6.45) is 1.52. The average molecular weight is 459 g/mol. The second-order valence-electron chi connectivity index (χ2n) is 7.85. The number of esters is 1. The number of hydrogen-bond donors (Lipinski definition) is 1. The van der Waals surface area contributed by atoms with Gasteiger partial charge in [0.2, 0.25) is 15.8 Å². The highest BCUT2D eigenvalue weighted by Gasteiger charge is 2.35. The molecule has 2 heterocycles. The quantitative estimate of drug-likeness (QED) is 0.450. The van der Waals surface area contributed by atoms with E-state index in [1.807, 2.05) is 24.3 Å². The van der Waals surface area contributed by atoms with Crippen LogP contribution in [-0.4, -0.2) is 48.7 Å². The van der Waals surface area contributed by atoms with Crippen LogP contribution in [0.2, 0.25) is 0 Å². The molecule has 0 bridgehead atoms. The molecule has 1 fully saturated rings. The highest BCUT2D eigenvalue weighted by Crippen LogP contribution is 2.26. The third-order valence-corrected chi connectivity index (χ3v) is 7.57. The van der Waals surface area contributed by atoms with Crippen molar-refractivity contribution in [3.05, 3.63) is 66.1 Å². The first kappa shape index (κ1) is 22.2. The van der Waals surface area contributed by atoms with Gasteiger partial charge in [0.1, 0.15) is 5.82 Å². The molecule has 4 rings (SSSR count). The van der Waals surface area contributed by atoms with Crippen molar-refractivity contribution in [3.63, 3.8) is 0 Å². The molecule has 0 radical (unpaired) electrons. The van der Waals surface area contributed by atoms with Gasteiger partial charge in [-0.25, -0.2) is 12.8 Å². The first-order chi connectivity index (χ1) is 15.3. The molecule has 32 heavy (non-hydrogen) atoms. The van der Waals surface area contributed by atoms with Crippen LogP contribution < -0.4 is 0 Å². The lowest BCUT2D eigenvalue weighted by atomic mass is 9.99. The number of sulfonamides is 1. The summed E-state index contributed by atoms with van der Waals surface area (Å²) in [6.45, 7) is 1.72. The van der Waals surface area contributed by atoms with Crippen LogP contribution in [-0.2, 0) is 19.6 Å². The fourth-order valence-electron chi connectivity index (χ4n) is 3.93. The SMILES string of the molecule is CC(OC(=O)C1CCCN(S(=O)(=O)c2ccc(F)cc2)C1)C(=O)c1c[nH]c2ccccc12. The van der Waals surface area contributed by atoms with E-state index in [1.54, 1.807) is 6.20 Å². The summed E-state index contributed by atoms with van der Waals surface area (Å²) in [5.41, 5.74) is 1.24. The number of aromatic nitrogens is 1. The minimum Gasteiger partial charge on any atom is -0.454 e. The van der Waals surface area contributed by atoms with Gasteiger partial charge in [-0.15, -0.1) is 0 Å².